The first-order valence-electron chi connectivity index (χ1n) is 7.72. The monoisotopic (exact) mass is 309 g/mol. The van der Waals surface area contributed by atoms with Gasteiger partial charge < -0.3 is 9.47 Å². The number of hydrogen-bond donors (Lipinski definition) is 0. The molecule has 0 unspecified atom stereocenters. The Labute approximate surface area is 135 Å². The molecule has 4 nitrogen and oxygen atoms in total. The Hall–Kier alpha value is -2.58. The van der Waals surface area contributed by atoms with E-state index < -0.39 is 5.54 Å². The Morgan fingerprint density at radius 1 is 1.13 bits per heavy atom. The number of isocyanates is 1. The van der Waals surface area contributed by atoms with Crippen LogP contribution in [-0.2, 0) is 16.9 Å². The van der Waals surface area contributed by atoms with Gasteiger partial charge in [0, 0.05) is 5.56 Å². The standard InChI is InChI=1S/C19H19NO3/c1-22-17-10-5-9-16(19(20-14-21)11-6-12-19)18(17)23-13-15-7-3-2-4-8-15/h2-5,7-10H,6,11-13H2,1H3. The molecule has 4 heteroatoms. The van der Waals surface area contributed by atoms with Gasteiger partial charge in [0.2, 0.25) is 6.08 Å². The van der Waals surface area contributed by atoms with Crippen molar-refractivity contribution in [1.82, 2.24) is 0 Å². The van der Waals surface area contributed by atoms with Gasteiger partial charge in [-0.05, 0) is 30.9 Å². The third kappa shape index (κ3) is 2.99. The number of carbonyl (C=O) groups excluding carboxylic acids is 1. The fraction of sp³-hybridized carbons (Fsp3) is 0.316. The molecule has 2 aromatic carbocycles. The number of nitrogens with zero attached hydrogens (tertiary/aromatic N) is 1. The van der Waals surface area contributed by atoms with Gasteiger partial charge in [0.15, 0.2) is 11.5 Å². The van der Waals surface area contributed by atoms with Crippen molar-refractivity contribution in [3.63, 3.8) is 0 Å². The van der Waals surface area contributed by atoms with E-state index in [-0.39, 0.29) is 0 Å². The summed E-state index contributed by atoms with van der Waals surface area (Å²) in [6.07, 6.45) is 4.43. The average molecular weight is 309 g/mol. The molecule has 23 heavy (non-hydrogen) atoms. The van der Waals surface area contributed by atoms with E-state index in [9.17, 15) is 4.79 Å². The Morgan fingerprint density at radius 2 is 1.91 bits per heavy atom. The molecule has 1 fully saturated rings. The Balaban J connectivity index is 1.95. The highest BCUT2D eigenvalue weighted by atomic mass is 16.5. The normalized spacial score (nSPS) is 15.2. The zero-order chi connectivity index (χ0) is 16.1. The third-order valence-corrected chi connectivity index (χ3v) is 4.37. The van der Waals surface area contributed by atoms with Crippen molar-refractivity contribution in [3.8, 4) is 11.5 Å². The molecule has 0 saturated heterocycles. The van der Waals surface area contributed by atoms with E-state index >= 15 is 0 Å². The van der Waals surface area contributed by atoms with Gasteiger partial charge in [0.1, 0.15) is 12.1 Å². The summed E-state index contributed by atoms with van der Waals surface area (Å²) in [5.41, 5.74) is 1.47. The van der Waals surface area contributed by atoms with Crippen LogP contribution in [-0.4, -0.2) is 13.2 Å². The van der Waals surface area contributed by atoms with Crippen molar-refractivity contribution in [2.24, 2.45) is 4.99 Å². The highest BCUT2D eigenvalue weighted by molar-refractivity contribution is 5.52. The molecule has 0 heterocycles. The summed E-state index contributed by atoms with van der Waals surface area (Å²) in [6, 6.07) is 15.7. The quantitative estimate of drug-likeness (QED) is 0.599. The number of aliphatic imine (C=N–C) groups is 1. The van der Waals surface area contributed by atoms with Gasteiger partial charge >= 0.3 is 0 Å². The van der Waals surface area contributed by atoms with Crippen molar-refractivity contribution in [2.45, 2.75) is 31.4 Å². The van der Waals surface area contributed by atoms with Gasteiger partial charge in [0.05, 0.1) is 7.11 Å². The maximum absolute atomic E-state index is 10.9. The minimum absolute atomic E-state index is 0.440. The molecule has 0 radical (unpaired) electrons. The molecule has 1 aliphatic rings. The molecule has 0 N–H and O–H groups in total. The van der Waals surface area contributed by atoms with Crippen LogP contribution in [0.15, 0.2) is 53.5 Å². The molecule has 1 aliphatic carbocycles. The highest BCUT2D eigenvalue weighted by Gasteiger charge is 2.41. The molecule has 3 rings (SSSR count). The molecule has 0 amide bonds. The van der Waals surface area contributed by atoms with Gasteiger partial charge in [-0.25, -0.2) is 4.79 Å². The van der Waals surface area contributed by atoms with Crippen molar-refractivity contribution in [2.75, 3.05) is 7.11 Å². The molecule has 0 spiro atoms. The molecular formula is C19H19NO3. The van der Waals surface area contributed by atoms with E-state index in [1.807, 2.05) is 48.5 Å². The smallest absolute Gasteiger partial charge is 0.235 e. The van der Waals surface area contributed by atoms with Gasteiger partial charge in [-0.3, -0.25) is 0 Å². The SMILES string of the molecule is COc1cccc(C2(N=C=O)CCC2)c1OCc1ccccc1. The predicted molar refractivity (Wildman–Crippen MR) is 87.4 cm³/mol. The van der Waals surface area contributed by atoms with Crippen LogP contribution in [0.1, 0.15) is 30.4 Å². The molecule has 0 bridgehead atoms. The third-order valence-electron chi connectivity index (χ3n) is 4.37. The number of methoxy groups -OCH3 is 1. The van der Waals surface area contributed by atoms with E-state index in [1.54, 1.807) is 13.2 Å². The Bertz CT molecular complexity index is 717. The van der Waals surface area contributed by atoms with Crippen molar-refractivity contribution < 1.29 is 14.3 Å². The summed E-state index contributed by atoms with van der Waals surface area (Å²) in [6.45, 7) is 0.440. The minimum Gasteiger partial charge on any atom is -0.493 e. The zero-order valence-electron chi connectivity index (χ0n) is 13.1. The second kappa shape index (κ2) is 6.67. The summed E-state index contributed by atoms with van der Waals surface area (Å²) in [4.78, 5) is 14.9. The van der Waals surface area contributed by atoms with Crippen LogP contribution in [0.5, 0.6) is 11.5 Å². The largest absolute Gasteiger partial charge is 0.493 e. The van der Waals surface area contributed by atoms with Gasteiger partial charge in [-0.2, -0.15) is 4.99 Å². The molecular weight excluding hydrogens is 290 g/mol. The Kier molecular flexibility index (Phi) is 4.45. The van der Waals surface area contributed by atoms with Crippen molar-refractivity contribution >= 4 is 6.08 Å². The summed E-state index contributed by atoms with van der Waals surface area (Å²) < 4.78 is 11.5. The van der Waals surface area contributed by atoms with Crippen LogP contribution in [0.4, 0.5) is 0 Å². The number of hydrogen-bond acceptors (Lipinski definition) is 4. The fourth-order valence-corrected chi connectivity index (χ4v) is 2.96. The van der Waals surface area contributed by atoms with E-state index in [4.69, 9.17) is 9.47 Å². The number of benzene rings is 2. The van der Waals surface area contributed by atoms with Crippen molar-refractivity contribution in [1.29, 1.82) is 0 Å². The lowest BCUT2D eigenvalue weighted by Crippen LogP contribution is -2.32. The van der Waals surface area contributed by atoms with Gasteiger partial charge in [-0.15, -0.1) is 0 Å². The van der Waals surface area contributed by atoms with E-state index in [0.29, 0.717) is 18.1 Å². The van der Waals surface area contributed by atoms with Gasteiger partial charge in [-0.1, -0.05) is 42.5 Å². The van der Waals surface area contributed by atoms with Crippen molar-refractivity contribution in [3.05, 3.63) is 59.7 Å². The predicted octanol–water partition coefficient (Wildman–Crippen LogP) is 3.99. The molecule has 0 atom stereocenters. The van der Waals surface area contributed by atoms with E-state index in [2.05, 4.69) is 4.99 Å². The lowest BCUT2D eigenvalue weighted by Gasteiger charge is -2.38. The summed E-state index contributed by atoms with van der Waals surface area (Å²) in [7, 11) is 1.62. The van der Waals surface area contributed by atoms with Gasteiger partial charge in [0.25, 0.3) is 0 Å². The number of rotatable bonds is 6. The first kappa shape index (κ1) is 15.3. The second-order valence-electron chi connectivity index (χ2n) is 5.70. The summed E-state index contributed by atoms with van der Waals surface area (Å²) >= 11 is 0. The van der Waals surface area contributed by atoms with Crippen LogP contribution < -0.4 is 9.47 Å². The highest BCUT2D eigenvalue weighted by Crippen LogP contribution is 2.50. The molecule has 2 aromatic rings. The maximum Gasteiger partial charge on any atom is 0.235 e. The molecule has 1 saturated carbocycles. The van der Waals surface area contributed by atoms with Crippen LogP contribution in [0.2, 0.25) is 0 Å². The van der Waals surface area contributed by atoms with Crippen LogP contribution >= 0.6 is 0 Å². The fourth-order valence-electron chi connectivity index (χ4n) is 2.96. The number of para-hydroxylation sites is 1. The number of ether oxygens (including phenoxy) is 2. The first-order valence-corrected chi connectivity index (χ1v) is 7.72. The lowest BCUT2D eigenvalue weighted by molar-refractivity contribution is 0.227. The average Bonchev–Trinajstić information content (AvgIpc) is 2.57. The Morgan fingerprint density at radius 3 is 2.52 bits per heavy atom. The van der Waals surface area contributed by atoms with E-state index in [1.165, 1.54) is 0 Å². The van der Waals surface area contributed by atoms with Crippen LogP contribution in [0.25, 0.3) is 0 Å². The minimum atomic E-state index is -0.512. The van der Waals surface area contributed by atoms with Crippen LogP contribution in [0, 0.1) is 0 Å². The first-order chi connectivity index (χ1) is 11.3. The topological polar surface area (TPSA) is 47.9 Å². The molecule has 0 aromatic heterocycles. The zero-order valence-corrected chi connectivity index (χ0v) is 13.1. The lowest BCUT2D eigenvalue weighted by atomic mass is 9.72. The second-order valence-corrected chi connectivity index (χ2v) is 5.70. The summed E-state index contributed by atoms with van der Waals surface area (Å²) in [5.74, 6) is 1.32. The van der Waals surface area contributed by atoms with Crippen LogP contribution in [0.3, 0.4) is 0 Å². The molecule has 118 valence electrons. The maximum atomic E-state index is 10.9. The van der Waals surface area contributed by atoms with E-state index in [0.717, 1.165) is 30.4 Å². The molecule has 0 aliphatic heterocycles. The summed E-state index contributed by atoms with van der Waals surface area (Å²) in [5, 5.41) is 0.